The molecule has 0 saturated heterocycles. The maximum Gasteiger partial charge on any atom is 0.352 e. The molecule has 2 heterocycles. The fourth-order valence-electron chi connectivity index (χ4n) is 1.40. The molecule has 0 radical (unpaired) electrons. The molecule has 0 aliphatic heterocycles. The van der Waals surface area contributed by atoms with E-state index in [0.717, 1.165) is 10.2 Å². The van der Waals surface area contributed by atoms with Gasteiger partial charge in [0, 0.05) is 0 Å². The zero-order valence-electron chi connectivity index (χ0n) is 7.10. The fourth-order valence-corrected chi connectivity index (χ4v) is 2.22. The van der Waals surface area contributed by atoms with Crippen LogP contribution in [0.25, 0.3) is 10.2 Å². The van der Waals surface area contributed by atoms with Crippen molar-refractivity contribution in [1.29, 1.82) is 5.26 Å². The number of carbonyl (C=O) groups is 1. The molecule has 0 saturated carbocycles. The number of hydrogen-bond donors (Lipinski definition) is 1. The minimum absolute atomic E-state index is 0.0713. The summed E-state index contributed by atoms with van der Waals surface area (Å²) >= 11 is 1.47. The zero-order chi connectivity index (χ0) is 10.1. The number of thiophene rings is 1. The SMILES string of the molecule is N#CCn1c(C(=O)O)cc2sccc21. The first-order valence-corrected chi connectivity index (χ1v) is 4.79. The van der Waals surface area contributed by atoms with Gasteiger partial charge < -0.3 is 9.67 Å². The molecule has 0 amide bonds. The summed E-state index contributed by atoms with van der Waals surface area (Å²) in [6.07, 6.45) is 0. The second-order valence-electron chi connectivity index (χ2n) is 2.75. The molecule has 1 N–H and O–H groups in total. The van der Waals surface area contributed by atoms with Crippen molar-refractivity contribution in [2.75, 3.05) is 0 Å². The Morgan fingerprint density at radius 3 is 3.14 bits per heavy atom. The third kappa shape index (κ3) is 1.17. The first kappa shape index (κ1) is 8.78. The van der Waals surface area contributed by atoms with Gasteiger partial charge in [0.15, 0.2) is 0 Å². The van der Waals surface area contributed by atoms with Crippen LogP contribution in [0.3, 0.4) is 0 Å². The van der Waals surface area contributed by atoms with Crippen LogP contribution in [0, 0.1) is 11.3 Å². The van der Waals surface area contributed by atoms with Gasteiger partial charge in [-0.3, -0.25) is 0 Å². The lowest BCUT2D eigenvalue weighted by molar-refractivity contribution is 0.0686. The van der Waals surface area contributed by atoms with E-state index in [-0.39, 0.29) is 12.2 Å². The summed E-state index contributed by atoms with van der Waals surface area (Å²) in [6, 6.07) is 5.37. The molecule has 5 heteroatoms. The van der Waals surface area contributed by atoms with Gasteiger partial charge in [0.05, 0.1) is 16.3 Å². The van der Waals surface area contributed by atoms with E-state index in [1.807, 2.05) is 17.5 Å². The summed E-state index contributed by atoms with van der Waals surface area (Å²) in [7, 11) is 0. The van der Waals surface area contributed by atoms with E-state index in [4.69, 9.17) is 10.4 Å². The van der Waals surface area contributed by atoms with Crippen molar-refractivity contribution in [3.8, 4) is 6.07 Å². The quantitative estimate of drug-likeness (QED) is 0.816. The molecule has 0 spiro atoms. The number of hydrogen-bond acceptors (Lipinski definition) is 3. The number of aromatic carboxylic acids is 1. The van der Waals surface area contributed by atoms with Gasteiger partial charge in [-0.1, -0.05) is 0 Å². The Bertz CT molecular complexity index is 532. The summed E-state index contributed by atoms with van der Waals surface area (Å²) in [5, 5.41) is 19.3. The fraction of sp³-hybridized carbons (Fsp3) is 0.111. The molecule has 70 valence electrons. The molecule has 0 aliphatic carbocycles. The molecule has 0 atom stereocenters. The summed E-state index contributed by atoms with van der Waals surface area (Å²) in [5.41, 5.74) is 0.988. The highest BCUT2D eigenvalue weighted by atomic mass is 32.1. The second kappa shape index (κ2) is 3.16. The zero-order valence-corrected chi connectivity index (χ0v) is 7.91. The Morgan fingerprint density at radius 1 is 1.71 bits per heavy atom. The first-order valence-electron chi connectivity index (χ1n) is 3.91. The first-order chi connectivity index (χ1) is 6.74. The van der Waals surface area contributed by atoms with Crippen LogP contribution < -0.4 is 0 Å². The Morgan fingerprint density at radius 2 is 2.50 bits per heavy atom. The third-order valence-electron chi connectivity index (χ3n) is 1.97. The van der Waals surface area contributed by atoms with Gasteiger partial charge >= 0.3 is 5.97 Å². The number of fused-ring (bicyclic) bond motifs is 1. The van der Waals surface area contributed by atoms with E-state index in [9.17, 15) is 4.79 Å². The van der Waals surface area contributed by atoms with Crippen molar-refractivity contribution >= 4 is 27.5 Å². The van der Waals surface area contributed by atoms with Crippen LogP contribution in [0.4, 0.5) is 0 Å². The number of rotatable bonds is 2. The molecule has 2 aromatic heterocycles. The van der Waals surface area contributed by atoms with E-state index in [2.05, 4.69) is 0 Å². The molecule has 14 heavy (non-hydrogen) atoms. The molecule has 0 fully saturated rings. The molecular weight excluding hydrogens is 200 g/mol. The number of carboxylic acid groups (broad SMARTS) is 1. The van der Waals surface area contributed by atoms with Crippen LogP contribution in [-0.4, -0.2) is 15.6 Å². The van der Waals surface area contributed by atoms with Gasteiger partial charge in [-0.25, -0.2) is 4.79 Å². The molecule has 0 aromatic carbocycles. The van der Waals surface area contributed by atoms with Gasteiger partial charge in [-0.05, 0) is 17.5 Å². The second-order valence-corrected chi connectivity index (χ2v) is 3.70. The minimum Gasteiger partial charge on any atom is -0.477 e. The third-order valence-corrected chi connectivity index (χ3v) is 2.82. The molecule has 2 rings (SSSR count). The Kier molecular flexibility index (Phi) is 1.98. The van der Waals surface area contributed by atoms with Crippen LogP contribution in [0.15, 0.2) is 17.5 Å². The average molecular weight is 206 g/mol. The van der Waals surface area contributed by atoms with E-state index in [0.29, 0.717) is 0 Å². The van der Waals surface area contributed by atoms with Crippen molar-refractivity contribution in [2.45, 2.75) is 6.54 Å². The van der Waals surface area contributed by atoms with Crippen LogP contribution >= 0.6 is 11.3 Å². The summed E-state index contributed by atoms with van der Waals surface area (Å²) in [4.78, 5) is 10.8. The lowest BCUT2D eigenvalue weighted by Gasteiger charge is -1.99. The van der Waals surface area contributed by atoms with E-state index in [1.165, 1.54) is 15.9 Å². The largest absolute Gasteiger partial charge is 0.477 e. The smallest absolute Gasteiger partial charge is 0.352 e. The normalized spacial score (nSPS) is 10.2. The number of aromatic nitrogens is 1. The van der Waals surface area contributed by atoms with Gasteiger partial charge in [0.1, 0.15) is 12.2 Å². The maximum atomic E-state index is 10.8. The summed E-state index contributed by atoms with van der Waals surface area (Å²) < 4.78 is 2.41. The van der Waals surface area contributed by atoms with Crippen molar-refractivity contribution < 1.29 is 9.90 Å². The Labute approximate surface area is 83.6 Å². The highest BCUT2D eigenvalue weighted by Crippen LogP contribution is 2.24. The van der Waals surface area contributed by atoms with Crippen LogP contribution in [0.5, 0.6) is 0 Å². The summed E-state index contributed by atoms with van der Waals surface area (Å²) in [6.45, 7) is 0.0713. The molecule has 2 aromatic rings. The highest BCUT2D eigenvalue weighted by Gasteiger charge is 2.14. The molecule has 0 aliphatic rings. The van der Waals surface area contributed by atoms with E-state index in [1.54, 1.807) is 6.07 Å². The van der Waals surface area contributed by atoms with Gasteiger partial charge in [-0.2, -0.15) is 5.26 Å². The van der Waals surface area contributed by atoms with Crippen LogP contribution in [0.1, 0.15) is 10.5 Å². The van der Waals surface area contributed by atoms with Gasteiger partial charge in [-0.15, -0.1) is 11.3 Å². The molecule has 0 unspecified atom stereocenters. The van der Waals surface area contributed by atoms with Crippen LogP contribution in [-0.2, 0) is 6.54 Å². The number of nitriles is 1. The lowest BCUT2D eigenvalue weighted by Crippen LogP contribution is -2.07. The Hall–Kier alpha value is -1.80. The standard InChI is InChI=1S/C9H6N2O2S/c10-2-3-11-6-1-4-14-8(6)5-7(11)9(12)13/h1,4-5H,3H2,(H,12,13). The minimum atomic E-state index is -0.997. The van der Waals surface area contributed by atoms with Crippen molar-refractivity contribution in [3.05, 3.63) is 23.2 Å². The lowest BCUT2D eigenvalue weighted by atomic mass is 10.4. The predicted octanol–water partition coefficient (Wildman–Crippen LogP) is 1.92. The molecule has 0 bridgehead atoms. The topological polar surface area (TPSA) is 66.0 Å². The number of nitrogens with zero attached hydrogens (tertiary/aromatic N) is 2. The monoisotopic (exact) mass is 206 g/mol. The van der Waals surface area contributed by atoms with E-state index >= 15 is 0 Å². The Balaban J connectivity index is 2.70. The molecule has 4 nitrogen and oxygen atoms in total. The maximum absolute atomic E-state index is 10.8. The van der Waals surface area contributed by atoms with Gasteiger partial charge in [0.25, 0.3) is 0 Å². The van der Waals surface area contributed by atoms with Crippen LogP contribution in [0.2, 0.25) is 0 Å². The van der Waals surface area contributed by atoms with Crippen molar-refractivity contribution in [2.24, 2.45) is 0 Å². The highest BCUT2D eigenvalue weighted by molar-refractivity contribution is 7.17. The van der Waals surface area contributed by atoms with Gasteiger partial charge in [0.2, 0.25) is 0 Å². The van der Waals surface area contributed by atoms with Crippen molar-refractivity contribution in [3.63, 3.8) is 0 Å². The number of carboxylic acids is 1. The predicted molar refractivity (Wildman–Crippen MR) is 52.4 cm³/mol. The summed E-state index contributed by atoms with van der Waals surface area (Å²) in [5.74, 6) is -0.997. The van der Waals surface area contributed by atoms with Crippen molar-refractivity contribution in [1.82, 2.24) is 4.57 Å². The average Bonchev–Trinajstić information content (AvgIpc) is 2.67. The van der Waals surface area contributed by atoms with E-state index < -0.39 is 5.97 Å². The molecular formula is C9H6N2O2S.